The maximum Gasteiger partial charge on any atom is 0.416 e. The van der Waals surface area contributed by atoms with Crippen molar-refractivity contribution in [2.45, 2.75) is 26.1 Å². The number of rotatable bonds is 6. The van der Waals surface area contributed by atoms with Crippen molar-refractivity contribution < 1.29 is 18.0 Å². The highest BCUT2D eigenvalue weighted by molar-refractivity contribution is 5.93. The molecule has 156 valence electrons. The molecule has 4 nitrogen and oxygen atoms in total. The van der Waals surface area contributed by atoms with Gasteiger partial charge in [-0.1, -0.05) is 43.3 Å². The maximum absolute atomic E-state index is 12.9. The molecule has 1 amide bonds. The zero-order valence-corrected chi connectivity index (χ0v) is 16.5. The molecule has 0 radical (unpaired) electrons. The van der Waals surface area contributed by atoms with E-state index < -0.39 is 11.7 Å². The first-order valence-electron chi connectivity index (χ1n) is 9.83. The molecule has 0 bridgehead atoms. The van der Waals surface area contributed by atoms with E-state index >= 15 is 0 Å². The van der Waals surface area contributed by atoms with E-state index in [4.69, 9.17) is 0 Å². The Morgan fingerprint density at radius 3 is 2.38 bits per heavy atom. The number of nitrogens with one attached hydrogen (secondary N) is 1. The minimum atomic E-state index is -4.32. The molecule has 0 saturated carbocycles. The Hall–Kier alpha value is -2.38. The second kappa shape index (κ2) is 9.41. The summed E-state index contributed by atoms with van der Waals surface area (Å²) in [6.07, 6.45) is -3.47. The van der Waals surface area contributed by atoms with Gasteiger partial charge in [0.15, 0.2) is 0 Å². The lowest BCUT2D eigenvalue weighted by atomic mass is 10.1. The number of halogens is 3. The van der Waals surface area contributed by atoms with Gasteiger partial charge in [0.1, 0.15) is 0 Å². The summed E-state index contributed by atoms with van der Waals surface area (Å²) in [5.74, 6) is -0.0442. The van der Waals surface area contributed by atoms with E-state index in [9.17, 15) is 18.0 Å². The van der Waals surface area contributed by atoms with Gasteiger partial charge in [0.2, 0.25) is 5.91 Å². The van der Waals surface area contributed by atoms with E-state index in [0.29, 0.717) is 31.7 Å². The Labute approximate surface area is 169 Å². The van der Waals surface area contributed by atoms with Crippen LogP contribution in [0.5, 0.6) is 0 Å². The highest BCUT2D eigenvalue weighted by Gasteiger charge is 2.30. The lowest BCUT2D eigenvalue weighted by Crippen LogP contribution is -2.48. The van der Waals surface area contributed by atoms with Gasteiger partial charge in [0.05, 0.1) is 12.1 Å². The average Bonchev–Trinajstić information content (AvgIpc) is 2.69. The molecule has 1 heterocycles. The van der Waals surface area contributed by atoms with Gasteiger partial charge in [0, 0.05) is 38.4 Å². The number of carbonyl (C=O) groups is 1. The molecule has 1 fully saturated rings. The Balaban J connectivity index is 1.47. The zero-order chi connectivity index (χ0) is 20.9. The van der Waals surface area contributed by atoms with Crippen LogP contribution in [-0.4, -0.2) is 48.4 Å². The van der Waals surface area contributed by atoms with Crippen molar-refractivity contribution in [1.29, 1.82) is 0 Å². The molecule has 1 saturated heterocycles. The number of carbonyl (C=O) groups excluding carboxylic acids is 1. The van der Waals surface area contributed by atoms with Crippen LogP contribution in [0, 0.1) is 0 Å². The topological polar surface area (TPSA) is 35.6 Å². The third kappa shape index (κ3) is 6.05. The zero-order valence-electron chi connectivity index (χ0n) is 16.5. The summed E-state index contributed by atoms with van der Waals surface area (Å²) in [6.45, 7) is 5.70. The van der Waals surface area contributed by atoms with Crippen LogP contribution in [0.3, 0.4) is 0 Å². The van der Waals surface area contributed by atoms with Gasteiger partial charge in [-0.25, -0.2) is 0 Å². The molecule has 0 spiro atoms. The molecular weight excluding hydrogens is 379 g/mol. The SMILES string of the molecule is CCc1ccccc1NC(=O)CN1CCN(Cc2cccc(C(F)(F)F)c2)CC1. The summed E-state index contributed by atoms with van der Waals surface area (Å²) < 4.78 is 38.6. The molecule has 7 heteroatoms. The summed E-state index contributed by atoms with van der Waals surface area (Å²) in [5.41, 5.74) is 2.00. The molecule has 1 aliphatic heterocycles. The maximum atomic E-state index is 12.9. The number of hydrogen-bond donors (Lipinski definition) is 1. The van der Waals surface area contributed by atoms with Crippen LogP contribution < -0.4 is 5.32 Å². The molecule has 1 N–H and O–H groups in total. The van der Waals surface area contributed by atoms with E-state index in [-0.39, 0.29) is 5.91 Å². The average molecular weight is 405 g/mol. The molecule has 3 rings (SSSR count). The van der Waals surface area contributed by atoms with Crippen LogP contribution >= 0.6 is 0 Å². The monoisotopic (exact) mass is 405 g/mol. The molecule has 0 atom stereocenters. The van der Waals surface area contributed by atoms with Crippen molar-refractivity contribution in [3.05, 3.63) is 65.2 Å². The van der Waals surface area contributed by atoms with Crippen molar-refractivity contribution in [3.8, 4) is 0 Å². The van der Waals surface area contributed by atoms with E-state index in [1.165, 1.54) is 12.1 Å². The number of amides is 1. The molecule has 0 aliphatic carbocycles. The molecule has 1 aliphatic rings. The highest BCUT2D eigenvalue weighted by Crippen LogP contribution is 2.29. The van der Waals surface area contributed by atoms with E-state index in [0.717, 1.165) is 36.8 Å². The molecule has 2 aromatic rings. The number of hydrogen-bond acceptors (Lipinski definition) is 3. The molecule has 0 unspecified atom stereocenters. The fourth-order valence-electron chi connectivity index (χ4n) is 3.55. The van der Waals surface area contributed by atoms with Gasteiger partial charge >= 0.3 is 6.18 Å². The third-order valence-electron chi connectivity index (χ3n) is 5.16. The van der Waals surface area contributed by atoms with Gasteiger partial charge in [0.25, 0.3) is 0 Å². The van der Waals surface area contributed by atoms with Crippen LogP contribution in [-0.2, 0) is 23.9 Å². The van der Waals surface area contributed by atoms with Gasteiger partial charge < -0.3 is 5.32 Å². The minimum absolute atomic E-state index is 0.0442. The van der Waals surface area contributed by atoms with E-state index in [1.54, 1.807) is 6.07 Å². The minimum Gasteiger partial charge on any atom is -0.325 e. The van der Waals surface area contributed by atoms with Gasteiger partial charge in [-0.15, -0.1) is 0 Å². The predicted molar refractivity (Wildman–Crippen MR) is 108 cm³/mol. The summed E-state index contributed by atoms with van der Waals surface area (Å²) in [6, 6.07) is 13.3. The van der Waals surface area contributed by atoms with Crippen LogP contribution in [0.2, 0.25) is 0 Å². The first-order chi connectivity index (χ1) is 13.8. The normalized spacial score (nSPS) is 16.0. The van der Waals surface area contributed by atoms with Crippen molar-refractivity contribution >= 4 is 11.6 Å². The fraction of sp³-hybridized carbons (Fsp3) is 0.409. The smallest absolute Gasteiger partial charge is 0.325 e. The van der Waals surface area contributed by atoms with Gasteiger partial charge in [-0.05, 0) is 29.7 Å². The fourth-order valence-corrected chi connectivity index (χ4v) is 3.55. The first kappa shape index (κ1) is 21.3. The summed E-state index contributed by atoms with van der Waals surface area (Å²) in [4.78, 5) is 16.6. The van der Waals surface area contributed by atoms with Crippen LogP contribution in [0.1, 0.15) is 23.6 Å². The predicted octanol–water partition coefficient (Wildman–Crippen LogP) is 4.02. The van der Waals surface area contributed by atoms with E-state index in [1.807, 2.05) is 24.3 Å². The number of para-hydroxylation sites is 1. The van der Waals surface area contributed by atoms with Crippen molar-refractivity contribution in [3.63, 3.8) is 0 Å². The van der Waals surface area contributed by atoms with Gasteiger partial charge in [-0.2, -0.15) is 13.2 Å². The Bertz CT molecular complexity index is 830. The van der Waals surface area contributed by atoms with Crippen molar-refractivity contribution in [2.24, 2.45) is 0 Å². The Morgan fingerprint density at radius 2 is 1.69 bits per heavy atom. The number of benzene rings is 2. The highest BCUT2D eigenvalue weighted by atomic mass is 19.4. The van der Waals surface area contributed by atoms with Crippen molar-refractivity contribution in [2.75, 3.05) is 38.0 Å². The lowest BCUT2D eigenvalue weighted by Gasteiger charge is -2.34. The van der Waals surface area contributed by atoms with Gasteiger partial charge in [-0.3, -0.25) is 14.6 Å². The number of aryl methyl sites for hydroxylation is 1. The standard InChI is InChI=1S/C22H26F3N3O/c1-2-18-7-3-4-9-20(18)26-21(29)16-28-12-10-27(11-13-28)15-17-6-5-8-19(14-17)22(23,24)25/h3-9,14H,2,10-13,15-16H2,1H3,(H,26,29). The second-order valence-electron chi connectivity index (χ2n) is 7.31. The van der Waals surface area contributed by atoms with Crippen LogP contribution in [0.25, 0.3) is 0 Å². The summed E-state index contributed by atoms with van der Waals surface area (Å²) >= 11 is 0. The van der Waals surface area contributed by atoms with Crippen molar-refractivity contribution in [1.82, 2.24) is 9.80 Å². The Kier molecular flexibility index (Phi) is 6.92. The van der Waals surface area contributed by atoms with Crippen LogP contribution in [0.15, 0.2) is 48.5 Å². The second-order valence-corrected chi connectivity index (χ2v) is 7.31. The largest absolute Gasteiger partial charge is 0.416 e. The molecular formula is C22H26F3N3O. The molecule has 29 heavy (non-hydrogen) atoms. The number of piperazine rings is 1. The number of nitrogens with zero attached hydrogens (tertiary/aromatic N) is 2. The Morgan fingerprint density at radius 1 is 1.00 bits per heavy atom. The quantitative estimate of drug-likeness (QED) is 0.789. The summed E-state index contributed by atoms with van der Waals surface area (Å²) in [7, 11) is 0. The summed E-state index contributed by atoms with van der Waals surface area (Å²) in [5, 5.41) is 2.98. The number of anilines is 1. The first-order valence-corrected chi connectivity index (χ1v) is 9.83. The van der Waals surface area contributed by atoms with E-state index in [2.05, 4.69) is 22.0 Å². The van der Waals surface area contributed by atoms with Crippen LogP contribution in [0.4, 0.5) is 18.9 Å². The third-order valence-corrected chi connectivity index (χ3v) is 5.16. The molecule has 0 aromatic heterocycles. The lowest BCUT2D eigenvalue weighted by molar-refractivity contribution is -0.137. The molecule has 2 aromatic carbocycles. The number of alkyl halides is 3.